The van der Waals surface area contributed by atoms with Crippen LogP contribution in [0.1, 0.15) is 21.7 Å². The van der Waals surface area contributed by atoms with Crippen LogP contribution in [-0.2, 0) is 17.5 Å². The highest BCUT2D eigenvalue weighted by Crippen LogP contribution is 2.40. The second-order valence-corrected chi connectivity index (χ2v) is 11.8. The lowest BCUT2D eigenvalue weighted by atomic mass is 10.0. The molecule has 6 aromatic rings. The average Bonchev–Trinajstić information content (AvgIpc) is 3.41. The zero-order valence-corrected chi connectivity index (χ0v) is 26.0. The average molecular weight is 646 g/mol. The first-order valence-electron chi connectivity index (χ1n) is 13.8. The van der Waals surface area contributed by atoms with Crippen LogP contribution in [0.5, 0.6) is 0 Å². The number of anilines is 1. The first kappa shape index (κ1) is 32.1. The quantitative estimate of drug-likeness (QED) is 0.265. The molecule has 0 radical (unpaired) electrons. The molecular weight excluding hydrogens is 616 g/mol. The van der Waals surface area contributed by atoms with Crippen LogP contribution in [0.2, 0.25) is 0 Å². The number of carbonyl (C=O) groups excluding carboxylic acids is 1. The Bertz CT molecular complexity index is 2200. The molecule has 236 valence electrons. The summed E-state index contributed by atoms with van der Waals surface area (Å²) >= 11 is 0. The number of fused-ring (bicyclic) bond motifs is 2. The third-order valence-corrected chi connectivity index (χ3v) is 8.58. The summed E-state index contributed by atoms with van der Waals surface area (Å²) in [5.41, 5.74) is 3.24. The van der Waals surface area contributed by atoms with Crippen molar-refractivity contribution in [3.8, 4) is 22.6 Å². The van der Waals surface area contributed by atoms with Crippen LogP contribution >= 0.6 is 0 Å². The number of nitrogens with one attached hydrogen (secondary N) is 1. The van der Waals surface area contributed by atoms with Crippen molar-refractivity contribution < 1.29 is 27.7 Å². The molecule has 0 spiro atoms. The molecule has 1 unspecified atom stereocenters. The van der Waals surface area contributed by atoms with Gasteiger partial charge in [0, 0.05) is 42.9 Å². The van der Waals surface area contributed by atoms with E-state index >= 15 is 0 Å². The molecule has 13 heteroatoms. The van der Waals surface area contributed by atoms with E-state index in [0.717, 1.165) is 5.56 Å². The van der Waals surface area contributed by atoms with Gasteiger partial charge in [0.25, 0.3) is 11.5 Å². The molecule has 0 aliphatic rings. The second-order valence-electron chi connectivity index (χ2n) is 10.4. The van der Waals surface area contributed by atoms with Crippen LogP contribution in [-0.4, -0.2) is 50.5 Å². The summed E-state index contributed by atoms with van der Waals surface area (Å²) in [4.78, 5) is 36.2. The van der Waals surface area contributed by atoms with Gasteiger partial charge >= 0.3 is 0 Å². The molecule has 0 saturated heterocycles. The third kappa shape index (κ3) is 5.77. The fourth-order valence-corrected chi connectivity index (χ4v) is 5.64. The number of benzene rings is 3. The summed E-state index contributed by atoms with van der Waals surface area (Å²) in [7, 11) is 1.68. The zero-order chi connectivity index (χ0) is 32.0. The van der Waals surface area contributed by atoms with Crippen LogP contribution < -0.4 is 15.2 Å². The van der Waals surface area contributed by atoms with E-state index < -0.39 is 22.7 Å². The van der Waals surface area contributed by atoms with Crippen molar-refractivity contribution in [2.45, 2.75) is 13.5 Å². The number of hydrogen-bond donors (Lipinski definition) is 1. The van der Waals surface area contributed by atoms with Crippen LogP contribution in [0.15, 0.2) is 82.0 Å². The molecule has 3 aromatic carbocycles. The van der Waals surface area contributed by atoms with E-state index in [1.807, 2.05) is 0 Å². The first-order chi connectivity index (χ1) is 21.5. The van der Waals surface area contributed by atoms with Crippen molar-refractivity contribution in [3.05, 3.63) is 112 Å². The van der Waals surface area contributed by atoms with Gasteiger partial charge < -0.3 is 15.2 Å². The number of furan rings is 1. The largest absolute Gasteiger partial charge is 0.455 e. The molecule has 3 N–H and O–H groups in total. The molecule has 0 aliphatic carbocycles. The monoisotopic (exact) mass is 645 g/mol. The van der Waals surface area contributed by atoms with E-state index in [0.29, 0.717) is 44.8 Å². The Hall–Kier alpha value is -5.27. The van der Waals surface area contributed by atoms with E-state index in [1.54, 1.807) is 50.4 Å². The van der Waals surface area contributed by atoms with Crippen molar-refractivity contribution >= 4 is 44.6 Å². The predicted octanol–water partition coefficient (Wildman–Crippen LogP) is 4.77. The number of aryl methyl sites for hydroxylation is 1. The third-order valence-electron chi connectivity index (χ3n) is 7.62. The highest BCUT2D eigenvalue weighted by Gasteiger charge is 2.25. The zero-order valence-electron chi connectivity index (χ0n) is 25.2. The van der Waals surface area contributed by atoms with E-state index in [1.165, 1.54) is 58.6 Å². The standard InChI is InChI=1S/C33H27F2N5O4S.H2O/c1-18-37-26-14-13-25(38-30(26)33(42)40(18)17-19-5-9-21(34)10-6-19)23-15-24-28(16-27(23)39(3)45(4)43)44-31(29(24)32(41)36-2)20-7-11-22(35)12-8-20;/h5-16H,17H2,1-4H3,(H,36,41);1H2. The Balaban J connectivity index is 0.00000417. The number of amides is 1. The van der Waals surface area contributed by atoms with Gasteiger partial charge in [-0.3, -0.25) is 18.5 Å². The van der Waals surface area contributed by atoms with E-state index in [-0.39, 0.29) is 40.2 Å². The molecule has 0 fully saturated rings. The maximum atomic E-state index is 13.7. The molecular formula is C33H29F2N5O5S. The lowest BCUT2D eigenvalue weighted by molar-refractivity contribution is 0.0964. The molecule has 6 rings (SSSR count). The van der Waals surface area contributed by atoms with E-state index in [9.17, 15) is 22.6 Å². The highest BCUT2D eigenvalue weighted by molar-refractivity contribution is 7.85. The minimum Gasteiger partial charge on any atom is -0.455 e. The maximum absolute atomic E-state index is 13.7. The molecule has 1 amide bonds. The molecule has 3 heterocycles. The van der Waals surface area contributed by atoms with Crippen molar-refractivity contribution in [1.82, 2.24) is 19.9 Å². The van der Waals surface area contributed by atoms with Crippen molar-refractivity contribution in [2.24, 2.45) is 0 Å². The Morgan fingerprint density at radius 2 is 1.65 bits per heavy atom. The van der Waals surface area contributed by atoms with Crippen LogP contribution in [0.4, 0.5) is 14.5 Å². The van der Waals surface area contributed by atoms with Gasteiger partial charge in [0.2, 0.25) is 0 Å². The smallest absolute Gasteiger partial charge is 0.280 e. The second kappa shape index (κ2) is 12.6. The van der Waals surface area contributed by atoms with Gasteiger partial charge in [-0.1, -0.05) is 12.1 Å². The number of rotatable bonds is 7. The van der Waals surface area contributed by atoms with Crippen molar-refractivity contribution in [3.63, 3.8) is 0 Å². The van der Waals surface area contributed by atoms with Crippen LogP contribution in [0.3, 0.4) is 0 Å². The molecule has 1 atom stereocenters. The Morgan fingerprint density at radius 1 is 1.00 bits per heavy atom. The normalized spacial score (nSPS) is 11.8. The van der Waals surface area contributed by atoms with E-state index in [4.69, 9.17) is 9.40 Å². The Morgan fingerprint density at radius 3 is 2.28 bits per heavy atom. The van der Waals surface area contributed by atoms with Crippen molar-refractivity contribution in [1.29, 1.82) is 0 Å². The summed E-state index contributed by atoms with van der Waals surface area (Å²) < 4.78 is 49.0. The van der Waals surface area contributed by atoms with Gasteiger partial charge in [0.15, 0.2) is 5.52 Å². The summed E-state index contributed by atoms with van der Waals surface area (Å²) in [5.74, 6) is -0.525. The fourth-order valence-electron chi connectivity index (χ4n) is 5.21. The van der Waals surface area contributed by atoms with Gasteiger partial charge in [0.1, 0.15) is 39.8 Å². The van der Waals surface area contributed by atoms with Gasteiger partial charge in [-0.15, -0.1) is 0 Å². The predicted molar refractivity (Wildman–Crippen MR) is 174 cm³/mol. The molecule has 0 saturated carbocycles. The van der Waals surface area contributed by atoms with Crippen LogP contribution in [0.25, 0.3) is 44.6 Å². The fraction of sp³-hybridized carbons (Fsp3) is 0.152. The number of carbonyl (C=O) groups is 1. The SMILES string of the molecule is CNC(=O)c1c(-c2ccc(F)cc2)oc2cc(N(C)S(C)=O)c(-c3ccc4nc(C)n(Cc5ccc(F)cc5)c(=O)c4n3)cc12.O. The van der Waals surface area contributed by atoms with Gasteiger partial charge in [-0.2, -0.15) is 0 Å². The number of nitrogens with zero attached hydrogens (tertiary/aromatic N) is 4. The molecule has 3 aromatic heterocycles. The Labute approximate surface area is 264 Å². The first-order valence-corrected chi connectivity index (χ1v) is 15.4. The molecule has 0 aliphatic heterocycles. The highest BCUT2D eigenvalue weighted by atomic mass is 32.2. The van der Waals surface area contributed by atoms with Gasteiger partial charge in [-0.25, -0.2) is 23.0 Å². The van der Waals surface area contributed by atoms with Crippen LogP contribution in [0, 0.1) is 18.6 Å². The van der Waals surface area contributed by atoms with Gasteiger partial charge in [0.05, 0.1) is 29.0 Å². The summed E-state index contributed by atoms with van der Waals surface area (Å²) in [6.07, 6.45) is 1.52. The number of aromatic nitrogens is 3. The lowest BCUT2D eigenvalue weighted by Gasteiger charge is -2.20. The summed E-state index contributed by atoms with van der Waals surface area (Å²) in [6, 6.07) is 18.2. The number of hydrogen-bond acceptors (Lipinski definition) is 6. The molecule has 0 bridgehead atoms. The van der Waals surface area contributed by atoms with E-state index in [2.05, 4.69) is 10.3 Å². The Kier molecular flexibility index (Phi) is 8.81. The number of halogens is 2. The van der Waals surface area contributed by atoms with Crippen molar-refractivity contribution in [2.75, 3.05) is 24.7 Å². The maximum Gasteiger partial charge on any atom is 0.280 e. The molecule has 46 heavy (non-hydrogen) atoms. The van der Waals surface area contributed by atoms with Gasteiger partial charge in [-0.05, 0) is 67.1 Å². The summed E-state index contributed by atoms with van der Waals surface area (Å²) in [5, 5.41) is 3.09. The molecule has 10 nitrogen and oxygen atoms in total. The minimum absolute atomic E-state index is 0. The number of pyridine rings is 1. The lowest BCUT2D eigenvalue weighted by Crippen LogP contribution is -2.25. The minimum atomic E-state index is -1.46. The topological polar surface area (TPSA) is 142 Å². The summed E-state index contributed by atoms with van der Waals surface area (Å²) in [6.45, 7) is 1.89.